The fourth-order valence-corrected chi connectivity index (χ4v) is 3.89. The van der Waals surface area contributed by atoms with Crippen LogP contribution in [0, 0.1) is 0 Å². The first-order chi connectivity index (χ1) is 12.0. The summed E-state index contributed by atoms with van der Waals surface area (Å²) in [5.74, 6) is 0. The molecule has 2 aliphatic rings. The molecule has 0 radical (unpaired) electrons. The topological polar surface area (TPSA) is 42.0 Å². The van der Waals surface area contributed by atoms with Crippen molar-refractivity contribution in [3.05, 3.63) is 35.9 Å². The number of nitrogens with zero attached hydrogens (tertiary/aromatic N) is 2. The van der Waals surface area contributed by atoms with Crippen molar-refractivity contribution in [1.82, 2.24) is 9.80 Å². The second-order valence-corrected chi connectivity index (χ2v) is 7.63. The molecule has 25 heavy (non-hydrogen) atoms. The lowest BCUT2D eigenvalue weighted by Gasteiger charge is -2.45. The quantitative estimate of drug-likeness (QED) is 0.842. The van der Waals surface area contributed by atoms with Crippen LogP contribution in [0.3, 0.4) is 0 Å². The van der Waals surface area contributed by atoms with Gasteiger partial charge >= 0.3 is 6.03 Å². The summed E-state index contributed by atoms with van der Waals surface area (Å²) in [6.45, 7) is 9.65. The summed E-state index contributed by atoms with van der Waals surface area (Å²) in [7, 11) is 0. The van der Waals surface area contributed by atoms with E-state index in [-0.39, 0.29) is 23.7 Å². The number of benzene rings is 1. The first kappa shape index (κ1) is 18.2. The molecule has 3 rings (SSSR count). The van der Waals surface area contributed by atoms with Crippen molar-refractivity contribution in [2.45, 2.75) is 51.3 Å². The predicted molar refractivity (Wildman–Crippen MR) is 97.5 cm³/mol. The van der Waals surface area contributed by atoms with Crippen molar-refractivity contribution in [2.24, 2.45) is 0 Å². The molecule has 0 aromatic heterocycles. The normalized spacial score (nSPS) is 24.6. The number of rotatable bonds is 3. The van der Waals surface area contributed by atoms with Gasteiger partial charge in [-0.2, -0.15) is 0 Å². The lowest BCUT2D eigenvalue weighted by atomic mass is 9.91. The summed E-state index contributed by atoms with van der Waals surface area (Å²) in [6.07, 6.45) is 1.75. The van der Waals surface area contributed by atoms with Gasteiger partial charge in [-0.15, -0.1) is 0 Å². The van der Waals surface area contributed by atoms with Crippen LogP contribution >= 0.6 is 0 Å². The highest BCUT2D eigenvalue weighted by molar-refractivity contribution is 5.75. The molecule has 138 valence electrons. The number of hydrogen-bond acceptors (Lipinski definition) is 3. The van der Waals surface area contributed by atoms with Gasteiger partial charge in [0.15, 0.2) is 0 Å². The van der Waals surface area contributed by atoms with E-state index in [0.29, 0.717) is 32.9 Å². The first-order valence-electron chi connectivity index (χ1n) is 9.32. The van der Waals surface area contributed by atoms with Crippen molar-refractivity contribution in [2.75, 3.05) is 32.9 Å². The highest BCUT2D eigenvalue weighted by Gasteiger charge is 2.38. The van der Waals surface area contributed by atoms with E-state index in [2.05, 4.69) is 37.8 Å². The zero-order valence-electron chi connectivity index (χ0n) is 15.6. The molecule has 0 bridgehead atoms. The summed E-state index contributed by atoms with van der Waals surface area (Å²) >= 11 is 0. The van der Waals surface area contributed by atoms with E-state index in [1.54, 1.807) is 0 Å². The molecule has 1 aromatic carbocycles. The second-order valence-electron chi connectivity index (χ2n) is 7.63. The zero-order chi connectivity index (χ0) is 17.9. The van der Waals surface area contributed by atoms with Gasteiger partial charge in [0.25, 0.3) is 0 Å². The molecule has 2 amide bonds. The van der Waals surface area contributed by atoms with Gasteiger partial charge in [0.1, 0.15) is 0 Å². The van der Waals surface area contributed by atoms with E-state index in [0.717, 1.165) is 12.8 Å². The van der Waals surface area contributed by atoms with Gasteiger partial charge in [0.05, 0.1) is 24.9 Å². The Morgan fingerprint density at radius 1 is 1.20 bits per heavy atom. The van der Waals surface area contributed by atoms with Crippen molar-refractivity contribution >= 4 is 6.03 Å². The van der Waals surface area contributed by atoms with Crippen LogP contribution in [0.15, 0.2) is 30.3 Å². The molecule has 2 saturated heterocycles. The van der Waals surface area contributed by atoms with Crippen LogP contribution in [0.2, 0.25) is 0 Å². The van der Waals surface area contributed by atoms with E-state index in [1.807, 2.05) is 23.1 Å². The molecule has 0 N–H and O–H groups in total. The molecule has 5 nitrogen and oxygen atoms in total. The van der Waals surface area contributed by atoms with E-state index in [1.165, 1.54) is 5.56 Å². The predicted octanol–water partition coefficient (Wildman–Crippen LogP) is 3.46. The maximum absolute atomic E-state index is 13.4. The second kappa shape index (κ2) is 7.75. The van der Waals surface area contributed by atoms with Crippen molar-refractivity contribution in [3.63, 3.8) is 0 Å². The average molecular weight is 346 g/mol. The van der Waals surface area contributed by atoms with Crippen LogP contribution in [-0.4, -0.2) is 60.4 Å². The van der Waals surface area contributed by atoms with Crippen LogP contribution in [0.4, 0.5) is 4.79 Å². The van der Waals surface area contributed by atoms with Crippen molar-refractivity contribution < 1.29 is 14.3 Å². The first-order valence-corrected chi connectivity index (χ1v) is 9.32. The third-order valence-corrected chi connectivity index (χ3v) is 5.27. The average Bonchev–Trinajstić information content (AvgIpc) is 2.62. The molecule has 0 unspecified atom stereocenters. The summed E-state index contributed by atoms with van der Waals surface area (Å²) in [5.41, 5.74) is 0.983. The van der Waals surface area contributed by atoms with Crippen LogP contribution in [0.25, 0.3) is 0 Å². The molecule has 2 fully saturated rings. The number of ether oxygens (including phenoxy) is 2. The molecule has 0 spiro atoms. The molecule has 2 heterocycles. The highest BCUT2D eigenvalue weighted by atomic mass is 16.5. The van der Waals surface area contributed by atoms with Gasteiger partial charge in [-0.3, -0.25) is 0 Å². The van der Waals surface area contributed by atoms with E-state index in [9.17, 15) is 4.79 Å². The molecule has 0 saturated carbocycles. The molecular formula is C20H30N2O3. The minimum Gasteiger partial charge on any atom is -0.378 e. The smallest absolute Gasteiger partial charge is 0.320 e. The maximum atomic E-state index is 13.4. The summed E-state index contributed by atoms with van der Waals surface area (Å²) in [6, 6.07) is 10.7. The Hall–Kier alpha value is -1.59. The standard InChI is InChI=1S/C20H30N2O3/c1-16(17-7-5-4-6-8-17)22(18-9-12-25-20(2,3)15-18)19(23)21-10-13-24-14-11-21/h4-8,16,18H,9-15H2,1-3H3/t16-,18-/m1/s1. The Balaban J connectivity index is 1.86. The number of urea groups is 1. The largest absolute Gasteiger partial charge is 0.378 e. The number of hydrogen-bond donors (Lipinski definition) is 0. The van der Waals surface area contributed by atoms with Crippen molar-refractivity contribution in [3.8, 4) is 0 Å². The monoisotopic (exact) mass is 346 g/mol. The van der Waals surface area contributed by atoms with Gasteiger partial charge in [0, 0.05) is 25.7 Å². The Kier molecular flexibility index (Phi) is 5.64. The third-order valence-electron chi connectivity index (χ3n) is 5.27. The summed E-state index contributed by atoms with van der Waals surface area (Å²) in [4.78, 5) is 17.4. The Labute approximate surface area is 150 Å². The molecule has 5 heteroatoms. The lowest BCUT2D eigenvalue weighted by Crippen LogP contribution is -2.55. The van der Waals surface area contributed by atoms with Gasteiger partial charge in [0.2, 0.25) is 0 Å². The molecular weight excluding hydrogens is 316 g/mol. The van der Waals surface area contributed by atoms with Gasteiger partial charge in [-0.25, -0.2) is 4.79 Å². The molecule has 2 atom stereocenters. The fourth-order valence-electron chi connectivity index (χ4n) is 3.89. The van der Waals surface area contributed by atoms with Crippen molar-refractivity contribution in [1.29, 1.82) is 0 Å². The number of morpholine rings is 1. The van der Waals surface area contributed by atoms with E-state index in [4.69, 9.17) is 9.47 Å². The third kappa shape index (κ3) is 4.33. The van der Waals surface area contributed by atoms with Gasteiger partial charge in [-0.1, -0.05) is 30.3 Å². The summed E-state index contributed by atoms with van der Waals surface area (Å²) < 4.78 is 11.3. The van der Waals surface area contributed by atoms with Crippen LogP contribution in [0.5, 0.6) is 0 Å². The van der Waals surface area contributed by atoms with Crippen LogP contribution < -0.4 is 0 Å². The SMILES string of the molecule is C[C@H](c1ccccc1)N(C(=O)N1CCOCC1)[C@@H]1CCOC(C)(C)C1. The fraction of sp³-hybridized carbons (Fsp3) is 0.650. The van der Waals surface area contributed by atoms with Gasteiger partial charge < -0.3 is 19.3 Å². The number of carbonyl (C=O) groups excluding carboxylic acids is 1. The van der Waals surface area contributed by atoms with Crippen LogP contribution in [0.1, 0.15) is 45.2 Å². The van der Waals surface area contributed by atoms with E-state index >= 15 is 0 Å². The van der Waals surface area contributed by atoms with Gasteiger partial charge in [-0.05, 0) is 39.2 Å². The Morgan fingerprint density at radius 3 is 2.52 bits per heavy atom. The minimum atomic E-state index is -0.192. The lowest BCUT2D eigenvalue weighted by molar-refractivity contribution is -0.0836. The highest BCUT2D eigenvalue weighted by Crippen LogP contribution is 2.33. The Bertz CT molecular complexity index is 570. The number of carbonyl (C=O) groups is 1. The van der Waals surface area contributed by atoms with E-state index < -0.39 is 0 Å². The Morgan fingerprint density at radius 2 is 1.88 bits per heavy atom. The number of amides is 2. The van der Waals surface area contributed by atoms with Crippen LogP contribution in [-0.2, 0) is 9.47 Å². The molecule has 1 aromatic rings. The molecule has 2 aliphatic heterocycles. The minimum absolute atomic E-state index is 0.0374. The molecule has 0 aliphatic carbocycles. The zero-order valence-corrected chi connectivity index (χ0v) is 15.6. The maximum Gasteiger partial charge on any atom is 0.320 e. The summed E-state index contributed by atoms with van der Waals surface area (Å²) in [5, 5.41) is 0.